The SMILES string of the molecule is C[C@@H](NC(=O)C(C)(c1ccccc1)c1ccccc1)c1ccc2c(c1)CCCC2. The van der Waals surface area contributed by atoms with Crippen molar-refractivity contribution in [3.63, 3.8) is 0 Å². The summed E-state index contributed by atoms with van der Waals surface area (Å²) in [4.78, 5) is 13.6. The van der Waals surface area contributed by atoms with Gasteiger partial charge in [-0.05, 0) is 67.3 Å². The highest BCUT2D eigenvalue weighted by Gasteiger charge is 2.37. The van der Waals surface area contributed by atoms with Gasteiger partial charge in [0.1, 0.15) is 0 Å². The van der Waals surface area contributed by atoms with Gasteiger partial charge < -0.3 is 5.32 Å². The topological polar surface area (TPSA) is 29.1 Å². The van der Waals surface area contributed by atoms with Crippen LogP contribution in [-0.4, -0.2) is 5.91 Å². The lowest BCUT2D eigenvalue weighted by molar-refractivity contribution is -0.125. The van der Waals surface area contributed by atoms with Crippen molar-refractivity contribution in [3.05, 3.63) is 107 Å². The van der Waals surface area contributed by atoms with Crippen molar-refractivity contribution < 1.29 is 4.79 Å². The Morgan fingerprint density at radius 2 is 1.38 bits per heavy atom. The van der Waals surface area contributed by atoms with Crippen molar-refractivity contribution in [2.24, 2.45) is 0 Å². The minimum atomic E-state index is -0.745. The second-order valence-corrected chi connectivity index (χ2v) is 8.29. The number of carbonyl (C=O) groups is 1. The summed E-state index contributed by atoms with van der Waals surface area (Å²) < 4.78 is 0. The van der Waals surface area contributed by atoms with Gasteiger partial charge in [0.15, 0.2) is 0 Å². The van der Waals surface area contributed by atoms with E-state index in [9.17, 15) is 4.79 Å². The largest absolute Gasteiger partial charge is 0.349 e. The Hall–Kier alpha value is -2.87. The first-order valence-electron chi connectivity index (χ1n) is 10.6. The second-order valence-electron chi connectivity index (χ2n) is 8.29. The Kier molecular flexibility index (Phi) is 5.53. The molecule has 148 valence electrons. The third kappa shape index (κ3) is 3.85. The van der Waals surface area contributed by atoms with Crippen molar-refractivity contribution in [1.82, 2.24) is 5.32 Å². The molecule has 0 spiro atoms. The summed E-state index contributed by atoms with van der Waals surface area (Å²) in [6.07, 6.45) is 4.87. The van der Waals surface area contributed by atoms with Gasteiger partial charge >= 0.3 is 0 Å². The Morgan fingerprint density at radius 3 is 1.97 bits per heavy atom. The summed E-state index contributed by atoms with van der Waals surface area (Å²) in [5, 5.41) is 3.30. The van der Waals surface area contributed by atoms with E-state index < -0.39 is 5.41 Å². The summed E-state index contributed by atoms with van der Waals surface area (Å²) in [5.74, 6) is 0.0279. The van der Waals surface area contributed by atoms with Crippen LogP contribution in [0.1, 0.15) is 60.5 Å². The number of aryl methyl sites for hydroxylation is 2. The Bertz CT molecular complexity index is 938. The quantitative estimate of drug-likeness (QED) is 0.597. The van der Waals surface area contributed by atoms with E-state index in [1.54, 1.807) is 0 Å². The number of rotatable bonds is 5. The molecule has 0 radical (unpaired) electrons. The molecule has 0 fully saturated rings. The lowest BCUT2D eigenvalue weighted by Gasteiger charge is -2.31. The molecule has 1 aliphatic rings. The van der Waals surface area contributed by atoms with Crippen molar-refractivity contribution in [3.8, 4) is 0 Å². The Balaban J connectivity index is 1.63. The smallest absolute Gasteiger partial charge is 0.235 e. The zero-order valence-corrected chi connectivity index (χ0v) is 17.3. The molecule has 0 unspecified atom stereocenters. The zero-order valence-electron chi connectivity index (χ0n) is 17.3. The molecule has 2 heteroatoms. The van der Waals surface area contributed by atoms with Crippen molar-refractivity contribution in [2.75, 3.05) is 0 Å². The van der Waals surface area contributed by atoms with Gasteiger partial charge in [-0.1, -0.05) is 78.9 Å². The van der Waals surface area contributed by atoms with Crippen LogP contribution in [0.15, 0.2) is 78.9 Å². The number of hydrogen-bond acceptors (Lipinski definition) is 1. The highest BCUT2D eigenvalue weighted by atomic mass is 16.2. The minimum absolute atomic E-state index is 0.0279. The molecule has 0 saturated heterocycles. The molecule has 3 aromatic carbocycles. The molecule has 2 nitrogen and oxygen atoms in total. The Labute approximate surface area is 174 Å². The fourth-order valence-electron chi connectivity index (χ4n) is 4.42. The summed E-state index contributed by atoms with van der Waals surface area (Å²) >= 11 is 0. The molecule has 4 rings (SSSR count). The van der Waals surface area contributed by atoms with Crippen LogP contribution in [0.4, 0.5) is 0 Å². The predicted molar refractivity (Wildman–Crippen MR) is 119 cm³/mol. The van der Waals surface area contributed by atoms with Crippen LogP contribution in [-0.2, 0) is 23.1 Å². The van der Waals surface area contributed by atoms with E-state index in [2.05, 4.69) is 30.4 Å². The molecule has 0 aliphatic heterocycles. The molecule has 1 aliphatic carbocycles. The van der Waals surface area contributed by atoms with E-state index in [4.69, 9.17) is 0 Å². The molecule has 0 aromatic heterocycles. The van der Waals surface area contributed by atoms with Gasteiger partial charge in [0.2, 0.25) is 5.91 Å². The third-order valence-corrected chi connectivity index (χ3v) is 6.38. The maximum Gasteiger partial charge on any atom is 0.235 e. The van der Waals surface area contributed by atoms with Gasteiger partial charge in [-0.15, -0.1) is 0 Å². The maximum atomic E-state index is 13.6. The zero-order chi connectivity index (χ0) is 20.3. The molecular weight excluding hydrogens is 354 g/mol. The van der Waals surface area contributed by atoms with E-state index in [0.717, 1.165) is 17.5 Å². The monoisotopic (exact) mass is 383 g/mol. The van der Waals surface area contributed by atoms with Crippen molar-refractivity contribution in [2.45, 2.75) is 51.0 Å². The molecule has 0 bridgehead atoms. The minimum Gasteiger partial charge on any atom is -0.349 e. The van der Waals surface area contributed by atoms with E-state index in [-0.39, 0.29) is 11.9 Å². The number of fused-ring (bicyclic) bond motifs is 1. The van der Waals surface area contributed by atoms with E-state index in [1.165, 1.54) is 36.0 Å². The highest BCUT2D eigenvalue weighted by Crippen LogP contribution is 2.33. The van der Waals surface area contributed by atoms with Crippen LogP contribution < -0.4 is 5.32 Å². The van der Waals surface area contributed by atoms with Gasteiger partial charge in [0.25, 0.3) is 0 Å². The summed E-state index contributed by atoms with van der Waals surface area (Å²) in [6, 6.07) is 26.8. The van der Waals surface area contributed by atoms with Crippen LogP contribution in [0.5, 0.6) is 0 Å². The van der Waals surface area contributed by atoms with Gasteiger partial charge in [-0.25, -0.2) is 0 Å². The normalized spacial score (nSPS) is 14.7. The van der Waals surface area contributed by atoms with E-state index in [0.29, 0.717) is 0 Å². The van der Waals surface area contributed by atoms with E-state index in [1.807, 2.05) is 67.6 Å². The average Bonchev–Trinajstić information content (AvgIpc) is 2.79. The number of carbonyl (C=O) groups excluding carboxylic acids is 1. The maximum absolute atomic E-state index is 13.6. The van der Waals surface area contributed by atoms with Crippen molar-refractivity contribution in [1.29, 1.82) is 0 Å². The van der Waals surface area contributed by atoms with Gasteiger partial charge in [0, 0.05) is 0 Å². The fraction of sp³-hybridized carbons (Fsp3) is 0.296. The number of amides is 1. The van der Waals surface area contributed by atoms with Crippen LogP contribution in [0.2, 0.25) is 0 Å². The lowest BCUT2D eigenvalue weighted by atomic mass is 9.75. The molecule has 1 N–H and O–H groups in total. The number of nitrogens with one attached hydrogen (secondary N) is 1. The summed E-state index contributed by atoms with van der Waals surface area (Å²) in [7, 11) is 0. The first-order chi connectivity index (χ1) is 14.1. The van der Waals surface area contributed by atoms with E-state index >= 15 is 0 Å². The van der Waals surface area contributed by atoms with Gasteiger partial charge in [0.05, 0.1) is 11.5 Å². The van der Waals surface area contributed by atoms with Crippen molar-refractivity contribution >= 4 is 5.91 Å². The van der Waals surface area contributed by atoms with Gasteiger partial charge in [-0.3, -0.25) is 4.79 Å². The van der Waals surface area contributed by atoms with Crippen LogP contribution in [0.25, 0.3) is 0 Å². The number of hydrogen-bond donors (Lipinski definition) is 1. The molecule has 1 amide bonds. The summed E-state index contributed by atoms with van der Waals surface area (Å²) in [5.41, 5.74) is 5.36. The van der Waals surface area contributed by atoms with Crippen LogP contribution >= 0.6 is 0 Å². The molecule has 0 saturated carbocycles. The first kappa shape index (κ1) is 19.4. The molecule has 3 aromatic rings. The lowest BCUT2D eigenvalue weighted by Crippen LogP contribution is -2.44. The standard InChI is InChI=1S/C27H29NO/c1-20(22-18-17-21-11-9-10-12-23(21)19-22)28-26(29)27(2,24-13-5-3-6-14-24)25-15-7-4-8-16-25/h3-8,13-20H,9-12H2,1-2H3,(H,28,29)/t20-/m1/s1. The van der Waals surface area contributed by atoms with Gasteiger partial charge in [-0.2, -0.15) is 0 Å². The molecule has 1 atom stereocenters. The second kappa shape index (κ2) is 8.24. The number of benzene rings is 3. The summed E-state index contributed by atoms with van der Waals surface area (Å²) in [6.45, 7) is 4.10. The molecule has 0 heterocycles. The van der Waals surface area contributed by atoms with Crippen LogP contribution in [0, 0.1) is 0 Å². The third-order valence-electron chi connectivity index (χ3n) is 6.38. The first-order valence-corrected chi connectivity index (χ1v) is 10.6. The molecular formula is C27H29NO. The average molecular weight is 384 g/mol. The molecule has 29 heavy (non-hydrogen) atoms. The fourth-order valence-corrected chi connectivity index (χ4v) is 4.42. The van der Waals surface area contributed by atoms with Crippen LogP contribution in [0.3, 0.4) is 0 Å². The highest BCUT2D eigenvalue weighted by molar-refractivity contribution is 5.91. The Morgan fingerprint density at radius 1 is 0.828 bits per heavy atom. The predicted octanol–water partition coefficient (Wildman–Crippen LogP) is 5.75.